The lowest BCUT2D eigenvalue weighted by Gasteiger charge is -2.09. The third-order valence-corrected chi connectivity index (χ3v) is 5.07. The van der Waals surface area contributed by atoms with Crippen LogP contribution in [0, 0.1) is 0 Å². The molecule has 148 valence electrons. The van der Waals surface area contributed by atoms with Gasteiger partial charge in [0.05, 0.1) is 18.5 Å². The molecule has 2 N–H and O–H groups in total. The number of nitrogens with one attached hydrogen (secondary N) is 1. The molecule has 2 aromatic carbocycles. The summed E-state index contributed by atoms with van der Waals surface area (Å²) in [6.45, 7) is 1.55. The summed E-state index contributed by atoms with van der Waals surface area (Å²) in [5.41, 5.74) is 4.03. The third-order valence-electron chi connectivity index (χ3n) is 4.70. The van der Waals surface area contributed by atoms with E-state index in [1.165, 1.54) is 0 Å². The molecule has 2 aromatic heterocycles. The van der Waals surface area contributed by atoms with Crippen LogP contribution in [0.1, 0.15) is 23.0 Å². The maximum Gasteiger partial charge on any atom is 0.133 e. The fourth-order valence-electron chi connectivity index (χ4n) is 3.24. The van der Waals surface area contributed by atoms with Crippen LogP contribution in [-0.2, 0) is 13.1 Å². The minimum absolute atomic E-state index is 0.386. The molecule has 1 unspecified atom stereocenters. The Balaban J connectivity index is 1.53. The normalized spacial score (nSPS) is 12.2. The van der Waals surface area contributed by atoms with E-state index >= 15 is 0 Å². The van der Waals surface area contributed by atoms with Crippen LogP contribution in [0.3, 0.4) is 0 Å². The molecule has 0 spiro atoms. The second-order valence-electron chi connectivity index (χ2n) is 6.82. The average Bonchev–Trinajstić information content (AvgIpc) is 3.41. The van der Waals surface area contributed by atoms with Gasteiger partial charge >= 0.3 is 0 Å². The van der Waals surface area contributed by atoms with Gasteiger partial charge in [0, 0.05) is 35.4 Å². The number of nitrogens with zero attached hydrogens (tertiary/aromatic N) is 2. The van der Waals surface area contributed by atoms with Crippen molar-refractivity contribution in [3.8, 4) is 11.3 Å². The van der Waals surface area contributed by atoms with Crippen LogP contribution in [0.5, 0.6) is 0 Å². The Labute approximate surface area is 174 Å². The molecule has 0 bridgehead atoms. The lowest BCUT2D eigenvalue weighted by Crippen LogP contribution is -2.20. The van der Waals surface area contributed by atoms with Crippen LogP contribution in [0.15, 0.2) is 83.6 Å². The van der Waals surface area contributed by atoms with E-state index < -0.39 is 6.10 Å². The Hall–Kier alpha value is -2.86. The van der Waals surface area contributed by atoms with Gasteiger partial charge in [-0.25, -0.2) is 0 Å². The zero-order chi connectivity index (χ0) is 20.1. The van der Waals surface area contributed by atoms with Crippen molar-refractivity contribution in [1.82, 2.24) is 15.1 Å². The smallest absolute Gasteiger partial charge is 0.133 e. The van der Waals surface area contributed by atoms with Gasteiger partial charge in [-0.3, -0.25) is 4.68 Å². The summed E-state index contributed by atoms with van der Waals surface area (Å²) in [6, 6.07) is 21.4. The molecule has 5 nitrogen and oxygen atoms in total. The molecule has 29 heavy (non-hydrogen) atoms. The first-order valence-corrected chi connectivity index (χ1v) is 9.86. The molecule has 0 saturated heterocycles. The quantitative estimate of drug-likeness (QED) is 0.445. The van der Waals surface area contributed by atoms with Crippen molar-refractivity contribution in [1.29, 1.82) is 0 Å². The Kier molecular flexibility index (Phi) is 6.10. The monoisotopic (exact) mass is 407 g/mol. The SMILES string of the molecule is OC(CNCc1cn(Cc2ccccc2Cl)nc1-c1ccccc1)c1ccco1. The zero-order valence-corrected chi connectivity index (χ0v) is 16.6. The van der Waals surface area contributed by atoms with Gasteiger partial charge in [-0.2, -0.15) is 5.10 Å². The summed E-state index contributed by atoms with van der Waals surface area (Å²) in [7, 11) is 0. The largest absolute Gasteiger partial charge is 0.467 e. The maximum atomic E-state index is 10.2. The van der Waals surface area contributed by atoms with Crippen LogP contribution in [0.4, 0.5) is 0 Å². The molecule has 0 fully saturated rings. The first-order chi connectivity index (χ1) is 14.2. The molecule has 0 saturated carbocycles. The first-order valence-electron chi connectivity index (χ1n) is 9.48. The molecule has 0 aliphatic heterocycles. The van der Waals surface area contributed by atoms with Gasteiger partial charge in [0.15, 0.2) is 0 Å². The molecular formula is C23H22ClN3O2. The lowest BCUT2D eigenvalue weighted by atomic mass is 10.1. The Bertz CT molecular complexity index is 1050. The molecule has 1 atom stereocenters. The number of hydrogen-bond acceptors (Lipinski definition) is 4. The van der Waals surface area contributed by atoms with Gasteiger partial charge in [0.1, 0.15) is 11.9 Å². The highest BCUT2D eigenvalue weighted by Crippen LogP contribution is 2.24. The second-order valence-corrected chi connectivity index (χ2v) is 7.23. The molecule has 4 rings (SSSR count). The van der Waals surface area contributed by atoms with Gasteiger partial charge in [-0.05, 0) is 23.8 Å². The zero-order valence-electron chi connectivity index (χ0n) is 15.8. The van der Waals surface area contributed by atoms with Gasteiger partial charge in [0.25, 0.3) is 0 Å². The van der Waals surface area contributed by atoms with Crippen molar-refractivity contribution in [2.45, 2.75) is 19.2 Å². The topological polar surface area (TPSA) is 63.2 Å². The molecular weight excluding hydrogens is 386 g/mol. The molecule has 0 aliphatic rings. The molecule has 0 radical (unpaired) electrons. The average molecular weight is 408 g/mol. The van der Waals surface area contributed by atoms with Gasteiger partial charge in [-0.1, -0.05) is 60.1 Å². The van der Waals surface area contributed by atoms with Crippen molar-refractivity contribution in [2.24, 2.45) is 0 Å². The van der Waals surface area contributed by atoms with E-state index in [2.05, 4.69) is 5.32 Å². The van der Waals surface area contributed by atoms with Crippen molar-refractivity contribution in [2.75, 3.05) is 6.54 Å². The van der Waals surface area contributed by atoms with Crippen LogP contribution >= 0.6 is 11.6 Å². The summed E-state index contributed by atoms with van der Waals surface area (Å²) in [6.07, 6.45) is 2.89. The van der Waals surface area contributed by atoms with E-state index in [9.17, 15) is 5.11 Å². The van der Waals surface area contributed by atoms with E-state index in [0.29, 0.717) is 25.4 Å². The van der Waals surface area contributed by atoms with Crippen LogP contribution in [0.2, 0.25) is 5.02 Å². The standard InChI is InChI=1S/C23H22ClN3O2/c24-20-10-5-4-9-18(20)15-27-16-19(23(26-27)17-7-2-1-3-8-17)13-25-14-21(28)22-11-6-12-29-22/h1-12,16,21,25,28H,13-15H2. The van der Waals surface area contributed by atoms with Crippen molar-refractivity contribution >= 4 is 11.6 Å². The Morgan fingerprint density at radius 1 is 1.00 bits per heavy atom. The highest BCUT2D eigenvalue weighted by Gasteiger charge is 2.14. The van der Waals surface area contributed by atoms with E-state index in [-0.39, 0.29) is 0 Å². The summed E-state index contributed by atoms with van der Waals surface area (Å²) in [5.74, 6) is 0.551. The molecule has 0 amide bonds. The number of aromatic nitrogens is 2. The number of aliphatic hydroxyl groups is 1. The molecule has 4 aromatic rings. The number of halogens is 1. The summed E-state index contributed by atoms with van der Waals surface area (Å²) >= 11 is 6.31. The Morgan fingerprint density at radius 3 is 2.55 bits per heavy atom. The van der Waals surface area contributed by atoms with Gasteiger partial charge in [-0.15, -0.1) is 0 Å². The van der Waals surface area contributed by atoms with E-state index in [4.69, 9.17) is 21.1 Å². The number of benzene rings is 2. The van der Waals surface area contributed by atoms with Crippen LogP contribution in [-0.4, -0.2) is 21.4 Å². The number of hydrogen-bond donors (Lipinski definition) is 2. The Morgan fingerprint density at radius 2 is 1.79 bits per heavy atom. The maximum absolute atomic E-state index is 10.2. The lowest BCUT2D eigenvalue weighted by molar-refractivity contribution is 0.147. The summed E-state index contributed by atoms with van der Waals surface area (Å²) in [4.78, 5) is 0. The number of aliphatic hydroxyl groups excluding tert-OH is 1. The van der Waals surface area contributed by atoms with Gasteiger partial charge < -0.3 is 14.8 Å². The van der Waals surface area contributed by atoms with Crippen molar-refractivity contribution in [3.05, 3.63) is 101 Å². The summed E-state index contributed by atoms with van der Waals surface area (Å²) in [5, 5.41) is 19.0. The molecule has 0 aliphatic carbocycles. The highest BCUT2D eigenvalue weighted by molar-refractivity contribution is 6.31. The second kappa shape index (κ2) is 9.09. The summed E-state index contributed by atoms with van der Waals surface area (Å²) < 4.78 is 7.16. The fraction of sp³-hybridized carbons (Fsp3) is 0.174. The predicted octanol–water partition coefficient (Wildman–Crippen LogP) is 4.67. The van der Waals surface area contributed by atoms with Crippen LogP contribution in [0.25, 0.3) is 11.3 Å². The number of furan rings is 1. The first kappa shape index (κ1) is 19.5. The molecule has 6 heteroatoms. The highest BCUT2D eigenvalue weighted by atomic mass is 35.5. The molecule has 2 heterocycles. The van der Waals surface area contributed by atoms with E-state index in [1.807, 2.05) is 65.5 Å². The van der Waals surface area contributed by atoms with Crippen LogP contribution < -0.4 is 5.32 Å². The fourth-order valence-corrected chi connectivity index (χ4v) is 3.43. The predicted molar refractivity (Wildman–Crippen MR) is 114 cm³/mol. The van der Waals surface area contributed by atoms with Crippen molar-refractivity contribution < 1.29 is 9.52 Å². The third kappa shape index (κ3) is 4.77. The minimum atomic E-state index is -0.691. The minimum Gasteiger partial charge on any atom is -0.467 e. The van der Waals surface area contributed by atoms with E-state index in [0.717, 1.165) is 27.4 Å². The van der Waals surface area contributed by atoms with E-state index in [1.54, 1.807) is 18.4 Å². The van der Waals surface area contributed by atoms with Gasteiger partial charge in [0.2, 0.25) is 0 Å². The number of rotatable bonds is 8. The van der Waals surface area contributed by atoms with Crippen molar-refractivity contribution in [3.63, 3.8) is 0 Å².